The highest BCUT2D eigenvalue weighted by molar-refractivity contribution is 7.87. The van der Waals surface area contributed by atoms with Crippen molar-refractivity contribution in [1.29, 1.82) is 0 Å². The third-order valence-corrected chi connectivity index (χ3v) is 4.85. The van der Waals surface area contributed by atoms with Crippen molar-refractivity contribution in [3.05, 3.63) is 0 Å². The Morgan fingerprint density at radius 2 is 2.00 bits per heavy atom. The van der Waals surface area contributed by atoms with E-state index in [9.17, 15) is 18.0 Å². The normalized spacial score (nSPS) is 22.1. The van der Waals surface area contributed by atoms with Gasteiger partial charge in [0.2, 0.25) is 5.91 Å². The summed E-state index contributed by atoms with van der Waals surface area (Å²) in [6.45, 7) is 2.84. The number of aliphatic carboxylic acids is 1. The van der Waals surface area contributed by atoms with Gasteiger partial charge < -0.3 is 10.8 Å². The first kappa shape index (κ1) is 15.9. The van der Waals surface area contributed by atoms with Gasteiger partial charge in [-0.2, -0.15) is 17.4 Å². The number of hydrogen-bond donors (Lipinski definition) is 3. The summed E-state index contributed by atoms with van der Waals surface area (Å²) in [7, 11) is -3.93. The topological polar surface area (TPSA) is 130 Å². The fraction of sp³-hybridized carbons (Fsp3) is 0.800. The van der Waals surface area contributed by atoms with Gasteiger partial charge in [0.25, 0.3) is 10.2 Å². The van der Waals surface area contributed by atoms with Crippen molar-refractivity contribution in [3.63, 3.8) is 0 Å². The third-order valence-electron chi connectivity index (χ3n) is 3.07. The van der Waals surface area contributed by atoms with Gasteiger partial charge in [0.15, 0.2) is 0 Å². The quantitative estimate of drug-likeness (QED) is 0.591. The minimum atomic E-state index is -3.93. The molecule has 0 bridgehead atoms. The van der Waals surface area contributed by atoms with E-state index in [2.05, 4.69) is 4.72 Å². The minimum absolute atomic E-state index is 0.0977. The Morgan fingerprint density at radius 3 is 2.47 bits per heavy atom. The molecular formula is C10H19N3O5S. The lowest BCUT2D eigenvalue weighted by Gasteiger charge is -2.32. The van der Waals surface area contributed by atoms with Gasteiger partial charge >= 0.3 is 5.97 Å². The first-order valence-corrected chi connectivity index (χ1v) is 7.32. The van der Waals surface area contributed by atoms with Crippen molar-refractivity contribution in [2.75, 3.05) is 13.1 Å². The zero-order valence-electron chi connectivity index (χ0n) is 10.9. The smallest absolute Gasteiger partial charge is 0.307 e. The highest BCUT2D eigenvalue weighted by Crippen LogP contribution is 2.19. The molecule has 1 aliphatic heterocycles. The van der Waals surface area contributed by atoms with E-state index in [1.165, 1.54) is 13.8 Å². The summed E-state index contributed by atoms with van der Waals surface area (Å²) in [5, 5.41) is 8.93. The number of carbonyl (C=O) groups is 2. The van der Waals surface area contributed by atoms with E-state index >= 15 is 0 Å². The van der Waals surface area contributed by atoms with E-state index in [4.69, 9.17) is 10.8 Å². The fourth-order valence-electron chi connectivity index (χ4n) is 1.80. The van der Waals surface area contributed by atoms with E-state index < -0.39 is 33.5 Å². The second-order valence-electron chi connectivity index (χ2n) is 5.13. The average Bonchev–Trinajstić information content (AvgIpc) is 2.27. The molecule has 1 atom stereocenters. The molecule has 0 aliphatic carbocycles. The lowest BCUT2D eigenvalue weighted by atomic mass is 10.0. The van der Waals surface area contributed by atoms with Crippen molar-refractivity contribution in [3.8, 4) is 0 Å². The first-order valence-electron chi connectivity index (χ1n) is 5.88. The lowest BCUT2D eigenvalue weighted by Crippen LogP contribution is -2.58. The maximum Gasteiger partial charge on any atom is 0.307 e. The second kappa shape index (κ2) is 5.43. The molecule has 0 spiro atoms. The maximum absolute atomic E-state index is 12.1. The predicted octanol–water partition coefficient (Wildman–Crippen LogP) is -1.12. The average molecular weight is 293 g/mol. The van der Waals surface area contributed by atoms with Crippen molar-refractivity contribution in [2.45, 2.75) is 32.2 Å². The van der Waals surface area contributed by atoms with E-state index in [1.807, 2.05) is 0 Å². The molecule has 1 saturated heterocycles. The van der Waals surface area contributed by atoms with Gasteiger partial charge in [-0.25, -0.2) is 0 Å². The van der Waals surface area contributed by atoms with Crippen LogP contribution in [0, 0.1) is 5.92 Å². The summed E-state index contributed by atoms with van der Waals surface area (Å²) in [4.78, 5) is 22.0. The maximum atomic E-state index is 12.1. The Bertz CT molecular complexity index is 474. The molecular weight excluding hydrogens is 274 g/mol. The van der Waals surface area contributed by atoms with E-state index in [-0.39, 0.29) is 13.1 Å². The molecule has 0 aromatic rings. The predicted molar refractivity (Wildman–Crippen MR) is 67.3 cm³/mol. The Labute approximate surface area is 112 Å². The molecule has 9 heteroatoms. The number of nitrogens with zero attached hydrogens (tertiary/aromatic N) is 1. The summed E-state index contributed by atoms with van der Waals surface area (Å²) >= 11 is 0. The molecule has 19 heavy (non-hydrogen) atoms. The number of amides is 1. The molecule has 0 saturated carbocycles. The highest BCUT2D eigenvalue weighted by atomic mass is 32.2. The summed E-state index contributed by atoms with van der Waals surface area (Å²) in [5.74, 6) is -2.54. The third kappa shape index (κ3) is 3.88. The molecule has 8 nitrogen and oxygen atoms in total. The van der Waals surface area contributed by atoms with Crippen LogP contribution in [0.1, 0.15) is 26.7 Å². The zero-order valence-corrected chi connectivity index (χ0v) is 11.7. The summed E-state index contributed by atoms with van der Waals surface area (Å²) in [6, 6.07) is 0. The van der Waals surface area contributed by atoms with Crippen LogP contribution in [-0.4, -0.2) is 48.3 Å². The molecule has 0 aromatic heterocycles. The van der Waals surface area contributed by atoms with Gasteiger partial charge in [0.1, 0.15) is 5.54 Å². The van der Waals surface area contributed by atoms with Gasteiger partial charge in [0, 0.05) is 13.1 Å². The van der Waals surface area contributed by atoms with Crippen molar-refractivity contribution in [2.24, 2.45) is 11.7 Å². The SMILES string of the molecule is CC(C)(NS(=O)(=O)N1CCCC(C(=O)O)C1)C(N)=O. The highest BCUT2D eigenvalue weighted by Gasteiger charge is 2.37. The second-order valence-corrected chi connectivity index (χ2v) is 6.80. The summed E-state index contributed by atoms with van der Waals surface area (Å²) < 4.78 is 27.4. The number of primary amides is 1. The largest absolute Gasteiger partial charge is 0.481 e. The van der Waals surface area contributed by atoms with Crippen LogP contribution >= 0.6 is 0 Å². The number of piperidine rings is 1. The lowest BCUT2D eigenvalue weighted by molar-refractivity contribution is -0.142. The van der Waals surface area contributed by atoms with Crippen molar-refractivity contribution < 1.29 is 23.1 Å². The number of rotatable bonds is 5. The van der Waals surface area contributed by atoms with Crippen molar-refractivity contribution in [1.82, 2.24) is 9.03 Å². The van der Waals surface area contributed by atoms with Gasteiger partial charge in [-0.1, -0.05) is 0 Å². The number of hydrogen-bond acceptors (Lipinski definition) is 4. The van der Waals surface area contributed by atoms with Crippen LogP contribution in [0.3, 0.4) is 0 Å². The van der Waals surface area contributed by atoms with Crippen LogP contribution in [-0.2, 0) is 19.8 Å². The number of carboxylic acid groups (broad SMARTS) is 1. The van der Waals surface area contributed by atoms with Crippen LogP contribution in [0.25, 0.3) is 0 Å². The Hall–Kier alpha value is -1.19. The first-order chi connectivity index (χ1) is 8.56. The van der Waals surface area contributed by atoms with E-state index in [1.54, 1.807) is 0 Å². The van der Waals surface area contributed by atoms with Crippen LogP contribution in [0.15, 0.2) is 0 Å². The number of carboxylic acids is 1. The zero-order chi connectivity index (χ0) is 14.8. The number of nitrogens with two attached hydrogens (primary N) is 1. The van der Waals surface area contributed by atoms with E-state index in [0.717, 1.165) is 4.31 Å². The minimum Gasteiger partial charge on any atom is -0.481 e. The number of nitrogens with one attached hydrogen (secondary N) is 1. The van der Waals surface area contributed by atoms with Gasteiger partial charge in [-0.15, -0.1) is 0 Å². The molecule has 110 valence electrons. The molecule has 1 heterocycles. The Kier molecular flexibility index (Phi) is 4.54. The number of carbonyl (C=O) groups excluding carboxylic acids is 1. The summed E-state index contributed by atoms with van der Waals surface area (Å²) in [5.41, 5.74) is 3.68. The van der Waals surface area contributed by atoms with Gasteiger partial charge in [0.05, 0.1) is 5.92 Å². The Balaban J connectivity index is 2.83. The molecule has 1 aliphatic rings. The van der Waals surface area contributed by atoms with Gasteiger partial charge in [-0.05, 0) is 26.7 Å². The fourth-order valence-corrected chi connectivity index (χ4v) is 3.42. The molecule has 0 radical (unpaired) electrons. The molecule has 1 rings (SSSR count). The molecule has 1 fully saturated rings. The molecule has 1 unspecified atom stereocenters. The Morgan fingerprint density at radius 1 is 1.42 bits per heavy atom. The van der Waals surface area contributed by atoms with E-state index in [0.29, 0.717) is 12.8 Å². The van der Waals surface area contributed by atoms with Crippen LogP contribution in [0.5, 0.6) is 0 Å². The van der Waals surface area contributed by atoms with Crippen LogP contribution in [0.2, 0.25) is 0 Å². The molecule has 4 N–H and O–H groups in total. The molecule has 1 amide bonds. The van der Waals surface area contributed by atoms with Crippen LogP contribution < -0.4 is 10.5 Å². The standard InChI is InChI=1S/C10H19N3O5S/c1-10(2,9(11)16)12-19(17,18)13-5-3-4-7(6-13)8(14)15/h7,12H,3-6H2,1-2H3,(H2,11,16)(H,14,15). The monoisotopic (exact) mass is 293 g/mol. The molecule has 0 aromatic carbocycles. The van der Waals surface area contributed by atoms with Crippen LogP contribution in [0.4, 0.5) is 0 Å². The summed E-state index contributed by atoms with van der Waals surface area (Å²) in [6.07, 6.45) is 0.912. The van der Waals surface area contributed by atoms with Gasteiger partial charge in [-0.3, -0.25) is 9.59 Å². The van der Waals surface area contributed by atoms with Crippen molar-refractivity contribution >= 4 is 22.1 Å².